The van der Waals surface area contributed by atoms with Crippen LogP contribution in [0, 0.1) is 18.3 Å². The molecule has 5 aromatic rings. The van der Waals surface area contributed by atoms with Crippen molar-refractivity contribution < 1.29 is 13.6 Å². The number of ether oxygens (including phenoxy) is 1. The molecule has 0 aliphatic rings. The minimum atomic E-state index is 0.218. The largest absolute Gasteiger partial charge is 0.461 e. The number of aromatic nitrogens is 1. The van der Waals surface area contributed by atoms with Gasteiger partial charge in [0.25, 0.3) is 0 Å². The van der Waals surface area contributed by atoms with Gasteiger partial charge in [-0.25, -0.2) is 4.98 Å². The Morgan fingerprint density at radius 2 is 1.73 bits per heavy atom. The highest BCUT2D eigenvalue weighted by Gasteiger charge is 2.14. The second kappa shape index (κ2) is 8.89. The SMILES string of the molecule is Cc1oc(-c2ccccc2)nc1Cc1cc2cc(/C=C(\C#N)Oc3ccccc3)ccc2o1. The second-order valence-corrected chi connectivity index (χ2v) is 7.61. The predicted molar refractivity (Wildman–Crippen MR) is 126 cm³/mol. The van der Waals surface area contributed by atoms with E-state index in [1.54, 1.807) is 6.08 Å². The number of fused-ring (bicyclic) bond motifs is 1. The summed E-state index contributed by atoms with van der Waals surface area (Å²) in [5, 5.41) is 10.4. The molecule has 0 bridgehead atoms. The summed E-state index contributed by atoms with van der Waals surface area (Å²) >= 11 is 0. The Morgan fingerprint density at radius 1 is 0.970 bits per heavy atom. The number of para-hydroxylation sites is 1. The number of nitriles is 1. The smallest absolute Gasteiger partial charge is 0.226 e. The van der Waals surface area contributed by atoms with Gasteiger partial charge in [0.2, 0.25) is 11.6 Å². The van der Waals surface area contributed by atoms with E-state index in [0.717, 1.165) is 39.3 Å². The van der Waals surface area contributed by atoms with Gasteiger partial charge < -0.3 is 13.6 Å². The van der Waals surface area contributed by atoms with Crippen LogP contribution in [0.15, 0.2) is 99.5 Å². The van der Waals surface area contributed by atoms with Gasteiger partial charge in [-0.3, -0.25) is 0 Å². The molecule has 160 valence electrons. The highest BCUT2D eigenvalue weighted by molar-refractivity contribution is 5.81. The molecular formula is C28H20N2O3. The first-order valence-corrected chi connectivity index (χ1v) is 10.6. The van der Waals surface area contributed by atoms with E-state index >= 15 is 0 Å². The molecule has 0 amide bonds. The van der Waals surface area contributed by atoms with Gasteiger partial charge in [0.05, 0.1) is 12.1 Å². The maximum atomic E-state index is 9.46. The monoisotopic (exact) mass is 432 g/mol. The summed E-state index contributed by atoms with van der Waals surface area (Å²) in [5.41, 5.74) is 3.41. The standard InChI is InChI=1S/C28H20N2O3/c1-19-26(30-28(31-19)21-8-4-2-5-9-21)17-24-16-22-14-20(12-13-27(22)33-24)15-25(18-29)32-23-10-6-3-7-11-23/h2-16H,17H2,1H3/b25-15+. The maximum Gasteiger partial charge on any atom is 0.226 e. The van der Waals surface area contributed by atoms with E-state index in [0.29, 0.717) is 18.1 Å². The molecule has 5 rings (SSSR count). The van der Waals surface area contributed by atoms with E-state index in [1.165, 1.54) is 0 Å². The maximum absolute atomic E-state index is 9.46. The summed E-state index contributed by atoms with van der Waals surface area (Å²) < 4.78 is 17.6. The Bertz CT molecular complexity index is 1470. The van der Waals surface area contributed by atoms with Gasteiger partial charge in [-0.05, 0) is 61.0 Å². The zero-order valence-electron chi connectivity index (χ0n) is 18.0. The van der Waals surface area contributed by atoms with Crippen molar-refractivity contribution in [1.29, 1.82) is 5.26 Å². The number of aryl methyl sites for hydroxylation is 1. The highest BCUT2D eigenvalue weighted by Crippen LogP contribution is 2.27. The number of allylic oxidation sites excluding steroid dienone is 1. The number of nitrogens with zero attached hydrogens (tertiary/aromatic N) is 2. The third kappa shape index (κ3) is 4.56. The van der Waals surface area contributed by atoms with Crippen LogP contribution in [0.4, 0.5) is 0 Å². The molecule has 5 nitrogen and oxygen atoms in total. The lowest BCUT2D eigenvalue weighted by molar-refractivity contribution is 0.453. The van der Waals surface area contributed by atoms with E-state index in [1.807, 2.05) is 91.9 Å². The average Bonchev–Trinajstić information content (AvgIpc) is 3.42. The summed E-state index contributed by atoms with van der Waals surface area (Å²) in [6, 6.07) is 28.9. The fourth-order valence-electron chi connectivity index (χ4n) is 3.61. The van der Waals surface area contributed by atoms with Crippen molar-refractivity contribution in [2.45, 2.75) is 13.3 Å². The van der Waals surface area contributed by atoms with E-state index in [9.17, 15) is 5.26 Å². The summed E-state index contributed by atoms with van der Waals surface area (Å²) in [6.07, 6.45) is 2.25. The van der Waals surface area contributed by atoms with Crippen LogP contribution in [0.2, 0.25) is 0 Å². The normalized spacial score (nSPS) is 11.5. The number of oxazole rings is 1. The van der Waals surface area contributed by atoms with Crippen molar-refractivity contribution in [3.63, 3.8) is 0 Å². The van der Waals surface area contributed by atoms with Crippen LogP contribution >= 0.6 is 0 Å². The second-order valence-electron chi connectivity index (χ2n) is 7.61. The Labute approximate surface area is 191 Å². The van der Waals surface area contributed by atoms with Crippen molar-refractivity contribution in [2.24, 2.45) is 0 Å². The van der Waals surface area contributed by atoms with Crippen LogP contribution in [-0.2, 0) is 6.42 Å². The highest BCUT2D eigenvalue weighted by atomic mass is 16.5. The van der Waals surface area contributed by atoms with Gasteiger partial charge in [-0.1, -0.05) is 42.5 Å². The third-order valence-electron chi connectivity index (χ3n) is 5.23. The fraction of sp³-hybridized carbons (Fsp3) is 0.0714. The summed E-state index contributed by atoms with van der Waals surface area (Å²) in [7, 11) is 0. The number of rotatable bonds is 6. The summed E-state index contributed by atoms with van der Waals surface area (Å²) in [6.45, 7) is 1.91. The van der Waals surface area contributed by atoms with Crippen LogP contribution in [0.5, 0.6) is 5.75 Å². The molecule has 0 unspecified atom stereocenters. The Morgan fingerprint density at radius 3 is 2.48 bits per heavy atom. The van der Waals surface area contributed by atoms with Crippen molar-refractivity contribution in [2.75, 3.05) is 0 Å². The molecule has 0 fully saturated rings. The van der Waals surface area contributed by atoms with Gasteiger partial charge in [0, 0.05) is 10.9 Å². The summed E-state index contributed by atoms with van der Waals surface area (Å²) in [4.78, 5) is 4.66. The average molecular weight is 432 g/mol. The predicted octanol–water partition coefficient (Wildman–Crippen LogP) is 6.93. The van der Waals surface area contributed by atoms with Crippen molar-refractivity contribution in [3.8, 4) is 23.3 Å². The first-order chi connectivity index (χ1) is 16.2. The molecule has 0 aliphatic heterocycles. The van der Waals surface area contributed by atoms with Crippen LogP contribution in [0.1, 0.15) is 22.8 Å². The lowest BCUT2D eigenvalue weighted by atomic mass is 10.1. The van der Waals surface area contributed by atoms with Gasteiger partial charge in [0.1, 0.15) is 28.9 Å². The molecule has 0 spiro atoms. The molecule has 33 heavy (non-hydrogen) atoms. The van der Waals surface area contributed by atoms with Crippen molar-refractivity contribution >= 4 is 17.0 Å². The lowest BCUT2D eigenvalue weighted by Gasteiger charge is -2.03. The minimum absolute atomic E-state index is 0.218. The minimum Gasteiger partial charge on any atom is -0.461 e. The molecule has 0 N–H and O–H groups in total. The number of hydrogen-bond donors (Lipinski definition) is 0. The fourth-order valence-corrected chi connectivity index (χ4v) is 3.61. The lowest BCUT2D eigenvalue weighted by Crippen LogP contribution is -1.92. The molecule has 0 saturated carbocycles. The Hall–Kier alpha value is -4.56. The van der Waals surface area contributed by atoms with E-state index in [4.69, 9.17) is 13.6 Å². The molecule has 0 radical (unpaired) electrons. The van der Waals surface area contributed by atoms with Crippen molar-refractivity contribution in [3.05, 3.63) is 113 Å². The van der Waals surface area contributed by atoms with E-state index in [2.05, 4.69) is 11.1 Å². The van der Waals surface area contributed by atoms with E-state index in [-0.39, 0.29) is 5.76 Å². The number of benzene rings is 3. The molecular weight excluding hydrogens is 412 g/mol. The molecule has 3 aromatic carbocycles. The van der Waals surface area contributed by atoms with Gasteiger partial charge in [0.15, 0.2) is 0 Å². The van der Waals surface area contributed by atoms with Gasteiger partial charge >= 0.3 is 0 Å². The molecule has 0 saturated heterocycles. The van der Waals surface area contributed by atoms with Crippen LogP contribution in [0.3, 0.4) is 0 Å². The first kappa shape index (κ1) is 20.3. The molecule has 2 aromatic heterocycles. The Kier molecular flexibility index (Phi) is 5.48. The number of hydrogen-bond acceptors (Lipinski definition) is 5. The number of furan rings is 1. The van der Waals surface area contributed by atoms with Gasteiger partial charge in [-0.2, -0.15) is 5.26 Å². The molecule has 2 heterocycles. The van der Waals surface area contributed by atoms with Crippen LogP contribution < -0.4 is 4.74 Å². The summed E-state index contributed by atoms with van der Waals surface area (Å²) in [5.74, 6) is 3.01. The van der Waals surface area contributed by atoms with Crippen LogP contribution in [-0.4, -0.2) is 4.98 Å². The Balaban J connectivity index is 1.38. The molecule has 0 aliphatic carbocycles. The quantitative estimate of drug-likeness (QED) is 0.215. The van der Waals surface area contributed by atoms with Crippen LogP contribution in [0.25, 0.3) is 28.5 Å². The van der Waals surface area contributed by atoms with E-state index < -0.39 is 0 Å². The molecule has 5 heteroatoms. The topological polar surface area (TPSA) is 72.2 Å². The zero-order chi connectivity index (χ0) is 22.6. The van der Waals surface area contributed by atoms with Crippen molar-refractivity contribution in [1.82, 2.24) is 4.98 Å². The molecule has 0 atom stereocenters. The third-order valence-corrected chi connectivity index (χ3v) is 5.23. The zero-order valence-corrected chi connectivity index (χ0v) is 18.0. The van der Waals surface area contributed by atoms with Gasteiger partial charge in [-0.15, -0.1) is 0 Å². The first-order valence-electron chi connectivity index (χ1n) is 10.6.